The lowest BCUT2D eigenvalue weighted by Crippen LogP contribution is -2.06. The summed E-state index contributed by atoms with van der Waals surface area (Å²) in [5.74, 6) is 0. The predicted octanol–water partition coefficient (Wildman–Crippen LogP) is 2.49. The fourth-order valence-corrected chi connectivity index (χ4v) is 1.91. The minimum absolute atomic E-state index is 0.548. The second-order valence-corrected chi connectivity index (χ2v) is 4.09. The molecule has 0 heterocycles. The summed E-state index contributed by atoms with van der Waals surface area (Å²) in [5, 5.41) is 13.4. The lowest BCUT2D eigenvalue weighted by molar-refractivity contribution is 0.220. The number of hydrogen-bond acceptors (Lipinski definition) is 2. The van der Waals surface area contributed by atoms with Crippen molar-refractivity contribution in [2.45, 2.75) is 12.6 Å². The molecule has 0 aliphatic heterocycles. The van der Waals surface area contributed by atoms with Crippen molar-refractivity contribution in [3.63, 3.8) is 0 Å². The van der Waals surface area contributed by atoms with Gasteiger partial charge in [-0.3, -0.25) is 0 Å². The normalized spacial score (nSPS) is 12.4. The lowest BCUT2D eigenvalue weighted by Gasteiger charge is -2.12. The third-order valence-electron chi connectivity index (χ3n) is 2.76. The molecule has 88 valence electrons. The van der Waals surface area contributed by atoms with Gasteiger partial charge in [0.05, 0.1) is 0 Å². The Labute approximate surface area is 102 Å². The van der Waals surface area contributed by atoms with Gasteiger partial charge in [-0.25, -0.2) is 0 Å². The first kappa shape index (κ1) is 11.8. The summed E-state index contributed by atoms with van der Waals surface area (Å²) >= 11 is 0. The first-order chi connectivity index (χ1) is 8.31. The van der Waals surface area contributed by atoms with Crippen LogP contribution in [0, 0.1) is 0 Å². The molecule has 2 rings (SSSR count). The van der Waals surface area contributed by atoms with E-state index in [1.165, 1.54) is 5.56 Å². The molecule has 2 aromatic carbocycles. The first-order valence-electron chi connectivity index (χ1n) is 5.77. The molecule has 0 radical (unpaired) electrons. The van der Waals surface area contributed by atoms with Gasteiger partial charge in [-0.1, -0.05) is 54.6 Å². The minimum Gasteiger partial charge on any atom is -0.384 e. The van der Waals surface area contributed by atoms with Gasteiger partial charge in [0.25, 0.3) is 0 Å². The average molecular weight is 227 g/mol. The van der Waals surface area contributed by atoms with Crippen LogP contribution < -0.4 is 5.32 Å². The minimum atomic E-state index is -0.548. The third-order valence-corrected chi connectivity index (χ3v) is 2.76. The molecule has 2 aromatic rings. The Morgan fingerprint density at radius 1 is 1.00 bits per heavy atom. The molecule has 0 bridgehead atoms. The van der Waals surface area contributed by atoms with Crippen LogP contribution in [0.15, 0.2) is 54.6 Å². The van der Waals surface area contributed by atoms with Crippen molar-refractivity contribution < 1.29 is 5.11 Å². The quantitative estimate of drug-likeness (QED) is 0.841. The van der Waals surface area contributed by atoms with Crippen LogP contribution in [0.2, 0.25) is 0 Å². The molecule has 2 heteroatoms. The van der Waals surface area contributed by atoms with Gasteiger partial charge in [0.1, 0.15) is 6.10 Å². The number of hydrogen-bond donors (Lipinski definition) is 2. The maximum atomic E-state index is 10.3. The largest absolute Gasteiger partial charge is 0.384 e. The number of aliphatic hydroxyl groups is 1. The molecular formula is C15H17NO. The molecule has 0 aliphatic carbocycles. The molecule has 17 heavy (non-hydrogen) atoms. The van der Waals surface area contributed by atoms with Crippen LogP contribution in [0.5, 0.6) is 0 Å². The van der Waals surface area contributed by atoms with Gasteiger partial charge in [0.15, 0.2) is 0 Å². The molecule has 2 nitrogen and oxygen atoms in total. The van der Waals surface area contributed by atoms with Gasteiger partial charge in [-0.05, 0) is 23.7 Å². The second-order valence-electron chi connectivity index (χ2n) is 4.09. The molecule has 1 atom stereocenters. The highest BCUT2D eigenvalue weighted by Gasteiger charge is 2.09. The molecular weight excluding hydrogens is 210 g/mol. The smallest absolute Gasteiger partial charge is 0.104 e. The zero-order valence-corrected chi connectivity index (χ0v) is 9.93. The van der Waals surface area contributed by atoms with E-state index in [-0.39, 0.29) is 0 Å². The summed E-state index contributed by atoms with van der Waals surface area (Å²) in [6, 6.07) is 17.7. The summed E-state index contributed by atoms with van der Waals surface area (Å²) in [6.45, 7) is 0.815. The highest BCUT2D eigenvalue weighted by atomic mass is 16.3. The van der Waals surface area contributed by atoms with E-state index in [9.17, 15) is 5.11 Å². The Hall–Kier alpha value is -1.64. The maximum absolute atomic E-state index is 10.3. The summed E-state index contributed by atoms with van der Waals surface area (Å²) in [5.41, 5.74) is 3.04. The Balaban J connectivity index is 2.25. The number of aliphatic hydroxyl groups excluding tert-OH is 1. The van der Waals surface area contributed by atoms with E-state index in [4.69, 9.17) is 0 Å². The van der Waals surface area contributed by atoms with Crippen molar-refractivity contribution in [1.29, 1.82) is 0 Å². The Bertz CT molecular complexity index is 467. The predicted molar refractivity (Wildman–Crippen MR) is 69.7 cm³/mol. The molecule has 0 aromatic heterocycles. The Morgan fingerprint density at radius 2 is 1.71 bits per heavy atom. The molecule has 0 aliphatic rings. The van der Waals surface area contributed by atoms with E-state index >= 15 is 0 Å². The molecule has 0 fully saturated rings. The van der Waals surface area contributed by atoms with Crippen LogP contribution in [-0.4, -0.2) is 12.2 Å². The monoisotopic (exact) mass is 227 g/mol. The molecule has 0 saturated carbocycles. The topological polar surface area (TPSA) is 32.3 Å². The van der Waals surface area contributed by atoms with Crippen molar-refractivity contribution in [2.24, 2.45) is 0 Å². The second kappa shape index (κ2) is 5.62. The van der Waals surface area contributed by atoms with Crippen LogP contribution >= 0.6 is 0 Å². The maximum Gasteiger partial charge on any atom is 0.104 e. The molecule has 0 spiro atoms. The number of benzene rings is 2. The first-order valence-corrected chi connectivity index (χ1v) is 5.77. The van der Waals surface area contributed by atoms with Crippen molar-refractivity contribution in [1.82, 2.24) is 5.32 Å². The van der Waals surface area contributed by atoms with Crippen molar-refractivity contribution >= 4 is 0 Å². The molecule has 0 amide bonds. The summed E-state index contributed by atoms with van der Waals surface area (Å²) < 4.78 is 0. The van der Waals surface area contributed by atoms with E-state index in [0.717, 1.165) is 17.7 Å². The van der Waals surface area contributed by atoms with E-state index in [0.29, 0.717) is 0 Å². The van der Waals surface area contributed by atoms with Crippen LogP contribution in [0.3, 0.4) is 0 Å². The zero-order chi connectivity index (χ0) is 12.1. The van der Waals surface area contributed by atoms with E-state index in [1.54, 1.807) is 0 Å². The van der Waals surface area contributed by atoms with Gasteiger partial charge >= 0.3 is 0 Å². The molecule has 2 N–H and O–H groups in total. The van der Waals surface area contributed by atoms with Crippen molar-refractivity contribution in [3.05, 3.63) is 71.3 Å². The molecule has 1 unspecified atom stereocenters. The standard InChI is InChI=1S/C15H17NO/c1-16-11-12-6-5-9-14(10-12)15(17)13-7-3-2-4-8-13/h2-10,15-17H,11H2,1H3. The highest BCUT2D eigenvalue weighted by Crippen LogP contribution is 2.22. The average Bonchev–Trinajstić information content (AvgIpc) is 2.40. The van der Waals surface area contributed by atoms with Gasteiger partial charge < -0.3 is 10.4 Å². The fourth-order valence-electron chi connectivity index (χ4n) is 1.91. The van der Waals surface area contributed by atoms with Gasteiger partial charge in [-0.2, -0.15) is 0 Å². The van der Waals surface area contributed by atoms with Gasteiger partial charge in [0.2, 0.25) is 0 Å². The van der Waals surface area contributed by atoms with Crippen LogP contribution in [0.25, 0.3) is 0 Å². The van der Waals surface area contributed by atoms with Crippen molar-refractivity contribution in [3.8, 4) is 0 Å². The fraction of sp³-hybridized carbons (Fsp3) is 0.200. The van der Waals surface area contributed by atoms with E-state index in [1.807, 2.05) is 55.6 Å². The van der Waals surface area contributed by atoms with Gasteiger partial charge in [-0.15, -0.1) is 0 Å². The van der Waals surface area contributed by atoms with E-state index < -0.39 is 6.10 Å². The Morgan fingerprint density at radius 3 is 2.41 bits per heavy atom. The van der Waals surface area contributed by atoms with Crippen LogP contribution in [0.1, 0.15) is 22.8 Å². The van der Waals surface area contributed by atoms with Crippen molar-refractivity contribution in [2.75, 3.05) is 7.05 Å². The SMILES string of the molecule is CNCc1cccc(C(O)c2ccccc2)c1. The summed E-state index contributed by atoms with van der Waals surface area (Å²) in [7, 11) is 1.92. The summed E-state index contributed by atoms with van der Waals surface area (Å²) in [6.07, 6.45) is -0.548. The van der Waals surface area contributed by atoms with Gasteiger partial charge in [0, 0.05) is 6.54 Å². The lowest BCUT2D eigenvalue weighted by atomic mass is 10.00. The van der Waals surface area contributed by atoms with E-state index in [2.05, 4.69) is 11.4 Å². The summed E-state index contributed by atoms with van der Waals surface area (Å²) in [4.78, 5) is 0. The molecule has 0 saturated heterocycles. The third kappa shape index (κ3) is 2.93. The van der Waals surface area contributed by atoms with Crippen LogP contribution in [0.4, 0.5) is 0 Å². The zero-order valence-electron chi connectivity index (χ0n) is 9.93. The highest BCUT2D eigenvalue weighted by molar-refractivity contribution is 5.32. The number of rotatable bonds is 4. The Kier molecular flexibility index (Phi) is 3.91. The number of nitrogens with one attached hydrogen (secondary N) is 1. The van der Waals surface area contributed by atoms with Crippen LogP contribution in [-0.2, 0) is 6.54 Å².